The minimum absolute atomic E-state index is 0.453. The second kappa shape index (κ2) is 6.10. The molecule has 0 unspecified atom stereocenters. The van der Waals surface area contributed by atoms with Gasteiger partial charge in [0.05, 0.1) is 0 Å². The summed E-state index contributed by atoms with van der Waals surface area (Å²) in [6.45, 7) is 2.97. The summed E-state index contributed by atoms with van der Waals surface area (Å²) >= 11 is 5.84. The van der Waals surface area contributed by atoms with Crippen LogP contribution >= 0.6 is 11.6 Å². The van der Waals surface area contributed by atoms with E-state index in [0.29, 0.717) is 5.15 Å². The average molecular weight is 298 g/mol. The number of anilines is 1. The van der Waals surface area contributed by atoms with Crippen molar-refractivity contribution in [2.75, 3.05) is 11.9 Å². The normalized spacial score (nSPS) is 10.8. The van der Waals surface area contributed by atoms with Crippen molar-refractivity contribution < 1.29 is 0 Å². The van der Waals surface area contributed by atoms with E-state index in [4.69, 9.17) is 11.6 Å². The second-order valence-corrected chi connectivity index (χ2v) is 5.42. The van der Waals surface area contributed by atoms with Gasteiger partial charge in [0.1, 0.15) is 17.3 Å². The SMILES string of the molecule is Cc1cc2ccccc2cc1CCNc1cc(Cl)ncn1. The first-order valence-electron chi connectivity index (χ1n) is 6.92. The molecule has 3 aromatic rings. The smallest absolute Gasteiger partial charge is 0.134 e. The Morgan fingerprint density at radius 1 is 1.05 bits per heavy atom. The summed E-state index contributed by atoms with van der Waals surface area (Å²) < 4.78 is 0. The number of hydrogen-bond donors (Lipinski definition) is 1. The Morgan fingerprint density at radius 2 is 1.81 bits per heavy atom. The zero-order valence-corrected chi connectivity index (χ0v) is 12.6. The Bertz CT molecular complexity index is 771. The van der Waals surface area contributed by atoms with E-state index in [-0.39, 0.29) is 0 Å². The van der Waals surface area contributed by atoms with E-state index in [1.54, 1.807) is 6.07 Å². The molecular formula is C17H16ClN3. The number of aromatic nitrogens is 2. The highest BCUT2D eigenvalue weighted by atomic mass is 35.5. The topological polar surface area (TPSA) is 37.8 Å². The van der Waals surface area contributed by atoms with Crippen molar-refractivity contribution in [3.63, 3.8) is 0 Å². The average Bonchev–Trinajstić information content (AvgIpc) is 2.48. The van der Waals surface area contributed by atoms with Gasteiger partial charge in [0, 0.05) is 12.6 Å². The molecule has 0 aliphatic carbocycles. The summed E-state index contributed by atoms with van der Waals surface area (Å²) in [6, 6.07) is 14.7. The van der Waals surface area contributed by atoms with Crippen LogP contribution in [0.4, 0.5) is 5.82 Å². The molecule has 0 radical (unpaired) electrons. The van der Waals surface area contributed by atoms with Crippen molar-refractivity contribution in [2.24, 2.45) is 0 Å². The molecule has 1 aromatic heterocycles. The molecule has 0 saturated heterocycles. The van der Waals surface area contributed by atoms with Crippen LogP contribution in [0.15, 0.2) is 48.8 Å². The van der Waals surface area contributed by atoms with E-state index >= 15 is 0 Å². The highest BCUT2D eigenvalue weighted by molar-refractivity contribution is 6.29. The molecule has 0 fully saturated rings. The molecule has 0 bridgehead atoms. The molecule has 1 N–H and O–H groups in total. The molecule has 106 valence electrons. The zero-order valence-electron chi connectivity index (χ0n) is 11.8. The number of aryl methyl sites for hydroxylation is 1. The Morgan fingerprint density at radius 3 is 2.57 bits per heavy atom. The molecule has 1 heterocycles. The van der Waals surface area contributed by atoms with Gasteiger partial charge in [-0.3, -0.25) is 0 Å². The Labute approximate surface area is 129 Å². The highest BCUT2D eigenvalue weighted by Crippen LogP contribution is 2.20. The molecule has 2 aromatic carbocycles. The monoisotopic (exact) mass is 297 g/mol. The van der Waals surface area contributed by atoms with Crippen LogP contribution in [0.3, 0.4) is 0 Å². The summed E-state index contributed by atoms with van der Waals surface area (Å²) in [5.41, 5.74) is 2.66. The summed E-state index contributed by atoms with van der Waals surface area (Å²) in [5, 5.41) is 6.29. The molecule has 0 saturated carbocycles. The molecule has 21 heavy (non-hydrogen) atoms. The minimum atomic E-state index is 0.453. The van der Waals surface area contributed by atoms with Crippen molar-refractivity contribution in [2.45, 2.75) is 13.3 Å². The van der Waals surface area contributed by atoms with Crippen LogP contribution in [0.2, 0.25) is 5.15 Å². The third-order valence-electron chi connectivity index (χ3n) is 3.54. The molecule has 0 amide bonds. The summed E-state index contributed by atoms with van der Waals surface area (Å²) in [5.74, 6) is 0.758. The van der Waals surface area contributed by atoms with Gasteiger partial charge in [0.15, 0.2) is 0 Å². The van der Waals surface area contributed by atoms with Crippen LogP contribution in [0.25, 0.3) is 10.8 Å². The van der Waals surface area contributed by atoms with Crippen molar-refractivity contribution >= 4 is 28.2 Å². The van der Waals surface area contributed by atoms with Crippen LogP contribution in [0, 0.1) is 6.92 Å². The van der Waals surface area contributed by atoms with Gasteiger partial charge in [-0.05, 0) is 35.2 Å². The van der Waals surface area contributed by atoms with Crippen molar-refractivity contribution in [3.05, 3.63) is 65.1 Å². The largest absolute Gasteiger partial charge is 0.370 e. The first-order valence-corrected chi connectivity index (χ1v) is 7.30. The van der Waals surface area contributed by atoms with Gasteiger partial charge >= 0.3 is 0 Å². The highest BCUT2D eigenvalue weighted by Gasteiger charge is 2.02. The van der Waals surface area contributed by atoms with E-state index < -0.39 is 0 Å². The van der Waals surface area contributed by atoms with Crippen LogP contribution in [-0.2, 0) is 6.42 Å². The predicted octanol–water partition coefficient (Wildman–Crippen LogP) is 4.25. The van der Waals surface area contributed by atoms with Crippen LogP contribution in [0.1, 0.15) is 11.1 Å². The Balaban J connectivity index is 1.71. The number of hydrogen-bond acceptors (Lipinski definition) is 3. The maximum atomic E-state index is 5.84. The van der Waals surface area contributed by atoms with Crippen LogP contribution in [0.5, 0.6) is 0 Å². The first-order chi connectivity index (χ1) is 10.2. The molecule has 4 heteroatoms. The fourth-order valence-electron chi connectivity index (χ4n) is 2.43. The van der Waals surface area contributed by atoms with Gasteiger partial charge in [-0.25, -0.2) is 9.97 Å². The molecule has 0 aliphatic rings. The molecular weight excluding hydrogens is 282 g/mol. The maximum Gasteiger partial charge on any atom is 0.134 e. The van der Waals surface area contributed by atoms with Crippen molar-refractivity contribution in [1.82, 2.24) is 9.97 Å². The van der Waals surface area contributed by atoms with Gasteiger partial charge in [-0.15, -0.1) is 0 Å². The van der Waals surface area contributed by atoms with Crippen molar-refractivity contribution in [3.8, 4) is 0 Å². The maximum absolute atomic E-state index is 5.84. The van der Waals surface area contributed by atoms with Gasteiger partial charge in [-0.1, -0.05) is 48.0 Å². The number of rotatable bonds is 4. The molecule has 3 nitrogen and oxygen atoms in total. The Hall–Kier alpha value is -2.13. The number of fused-ring (bicyclic) bond motifs is 1. The number of benzene rings is 2. The Kier molecular flexibility index (Phi) is 4.02. The summed E-state index contributed by atoms with van der Waals surface area (Å²) in [6.07, 6.45) is 2.41. The predicted molar refractivity (Wildman–Crippen MR) is 87.9 cm³/mol. The number of nitrogens with zero attached hydrogens (tertiary/aromatic N) is 2. The lowest BCUT2D eigenvalue weighted by atomic mass is 10.00. The lowest BCUT2D eigenvalue weighted by Crippen LogP contribution is -2.07. The van der Waals surface area contributed by atoms with E-state index in [1.165, 1.54) is 28.2 Å². The van der Waals surface area contributed by atoms with Gasteiger partial charge in [0.25, 0.3) is 0 Å². The van der Waals surface area contributed by atoms with E-state index in [2.05, 4.69) is 58.6 Å². The fourth-order valence-corrected chi connectivity index (χ4v) is 2.57. The van der Waals surface area contributed by atoms with Gasteiger partial charge in [-0.2, -0.15) is 0 Å². The number of halogens is 1. The van der Waals surface area contributed by atoms with E-state index in [9.17, 15) is 0 Å². The van der Waals surface area contributed by atoms with Crippen LogP contribution < -0.4 is 5.32 Å². The molecule has 3 rings (SSSR count). The molecule has 0 aliphatic heterocycles. The fraction of sp³-hybridized carbons (Fsp3) is 0.176. The van der Waals surface area contributed by atoms with Gasteiger partial charge in [0.2, 0.25) is 0 Å². The van der Waals surface area contributed by atoms with Crippen molar-refractivity contribution in [1.29, 1.82) is 0 Å². The molecule has 0 atom stereocenters. The minimum Gasteiger partial charge on any atom is -0.370 e. The quantitative estimate of drug-likeness (QED) is 0.732. The molecule has 0 spiro atoms. The van der Waals surface area contributed by atoms with Crippen LogP contribution in [-0.4, -0.2) is 16.5 Å². The third-order valence-corrected chi connectivity index (χ3v) is 3.75. The lowest BCUT2D eigenvalue weighted by molar-refractivity contribution is 0.990. The second-order valence-electron chi connectivity index (χ2n) is 5.03. The number of nitrogens with one attached hydrogen (secondary N) is 1. The van der Waals surface area contributed by atoms with Gasteiger partial charge < -0.3 is 5.32 Å². The summed E-state index contributed by atoms with van der Waals surface area (Å²) in [7, 11) is 0. The van der Waals surface area contributed by atoms with E-state index in [1.807, 2.05) is 0 Å². The third kappa shape index (κ3) is 3.31. The first kappa shape index (κ1) is 13.8. The lowest BCUT2D eigenvalue weighted by Gasteiger charge is -2.10. The van der Waals surface area contributed by atoms with E-state index in [0.717, 1.165) is 18.8 Å². The zero-order chi connectivity index (χ0) is 14.7. The summed E-state index contributed by atoms with van der Waals surface area (Å²) in [4.78, 5) is 8.01. The standard InChI is InChI=1S/C17H16ClN3/c1-12-8-14-4-2-3-5-15(14)9-13(12)6-7-19-17-10-16(18)20-11-21-17/h2-5,8-11H,6-7H2,1H3,(H,19,20,21).